The molecule has 0 aliphatic carbocycles. The van der Waals surface area contributed by atoms with E-state index >= 15 is 0 Å². The van der Waals surface area contributed by atoms with E-state index < -0.39 is 10.8 Å². The van der Waals surface area contributed by atoms with Crippen molar-refractivity contribution >= 4 is 49.7 Å². The van der Waals surface area contributed by atoms with Crippen molar-refractivity contribution in [3.63, 3.8) is 0 Å². The molecular weight excluding hydrogens is 516 g/mol. The van der Waals surface area contributed by atoms with Crippen LogP contribution in [0, 0.1) is 0 Å². The number of aromatic nitrogens is 3. The summed E-state index contributed by atoms with van der Waals surface area (Å²) in [5, 5.41) is 2.90. The first-order chi connectivity index (χ1) is 17.9. The van der Waals surface area contributed by atoms with E-state index in [0.29, 0.717) is 37.5 Å². The number of nitrogens with zero attached hydrogens (tertiary/aromatic N) is 4. The van der Waals surface area contributed by atoms with Crippen LogP contribution in [0.1, 0.15) is 10.4 Å². The summed E-state index contributed by atoms with van der Waals surface area (Å²) in [7, 11) is -2.10. The van der Waals surface area contributed by atoms with Crippen LogP contribution in [0.25, 0.3) is 20.7 Å². The quantitative estimate of drug-likeness (QED) is 0.281. The Balaban J connectivity index is 1.50. The second-order valence-corrected chi connectivity index (χ2v) is 11.5. The van der Waals surface area contributed by atoms with E-state index in [4.69, 9.17) is 9.47 Å². The average molecular weight is 541 g/mol. The molecule has 1 fully saturated rings. The molecule has 37 heavy (non-hydrogen) atoms. The lowest BCUT2D eigenvalue weighted by Crippen LogP contribution is -2.48. The summed E-state index contributed by atoms with van der Waals surface area (Å²) >= 11 is 1.53. The van der Waals surface area contributed by atoms with Gasteiger partial charge in [0, 0.05) is 41.8 Å². The van der Waals surface area contributed by atoms with Gasteiger partial charge in [-0.05, 0) is 30.3 Å². The van der Waals surface area contributed by atoms with E-state index in [1.807, 2.05) is 6.07 Å². The van der Waals surface area contributed by atoms with E-state index in [9.17, 15) is 13.9 Å². The van der Waals surface area contributed by atoms with Gasteiger partial charge in [-0.1, -0.05) is 16.8 Å². The molecule has 2 aliphatic rings. The Kier molecular flexibility index (Phi) is 6.09. The molecule has 11 nitrogen and oxygen atoms in total. The molecule has 4 aromatic rings. The third-order valence-corrected chi connectivity index (χ3v) is 8.81. The number of hydrogen-bond donors (Lipinski definition) is 4. The van der Waals surface area contributed by atoms with Crippen LogP contribution in [-0.4, -0.2) is 69.4 Å². The summed E-state index contributed by atoms with van der Waals surface area (Å²) in [5.41, 5.74) is 2.15. The fraction of sp³-hybridized carbons (Fsp3) is 0.250. The number of morpholine rings is 1. The zero-order valence-electron chi connectivity index (χ0n) is 19.7. The van der Waals surface area contributed by atoms with Crippen molar-refractivity contribution in [3.05, 3.63) is 54.5 Å². The number of carbonyl (C=O) groups excluding carboxylic acids is 1. The van der Waals surface area contributed by atoms with E-state index in [1.165, 1.54) is 24.5 Å². The molecule has 1 aromatic carbocycles. The van der Waals surface area contributed by atoms with E-state index in [-0.39, 0.29) is 22.8 Å². The van der Waals surface area contributed by atoms with Crippen molar-refractivity contribution in [2.24, 2.45) is 0 Å². The number of amides is 1. The van der Waals surface area contributed by atoms with Gasteiger partial charge in [0.25, 0.3) is 5.91 Å². The molecule has 8 bridgehead atoms. The minimum Gasteiger partial charge on any atom is -0.479 e. The molecule has 0 saturated carbocycles. The summed E-state index contributed by atoms with van der Waals surface area (Å²) < 4.78 is 37.1. The highest BCUT2D eigenvalue weighted by atomic mass is 32.3. The fourth-order valence-corrected chi connectivity index (χ4v) is 6.64. The zero-order chi connectivity index (χ0) is 25.6. The molecule has 4 N–H and O–H groups in total. The summed E-state index contributed by atoms with van der Waals surface area (Å²) in [5.74, 6) is 0.670. The maximum atomic E-state index is 12.9. The number of hydrogen-bond acceptors (Lipinski definition) is 11. The van der Waals surface area contributed by atoms with Gasteiger partial charge in [0.1, 0.15) is 17.8 Å². The maximum absolute atomic E-state index is 12.9. The number of methoxy groups -OCH3 is 1. The van der Waals surface area contributed by atoms with Crippen molar-refractivity contribution in [1.82, 2.24) is 20.3 Å². The number of pyridine rings is 1. The topological polar surface area (TPSA) is 142 Å². The first-order valence-electron chi connectivity index (χ1n) is 11.5. The lowest BCUT2D eigenvalue weighted by atomic mass is 10.2. The predicted molar refractivity (Wildman–Crippen MR) is 143 cm³/mol. The number of fused-ring (bicyclic) bond motifs is 9. The summed E-state index contributed by atoms with van der Waals surface area (Å²) in [4.78, 5) is 29.6. The lowest BCUT2D eigenvalue weighted by molar-refractivity contribution is 0.0395. The van der Waals surface area contributed by atoms with Crippen LogP contribution in [0.2, 0.25) is 0 Å². The zero-order valence-corrected chi connectivity index (χ0v) is 21.4. The second kappa shape index (κ2) is 9.43. The molecule has 0 unspecified atom stereocenters. The van der Waals surface area contributed by atoms with Crippen LogP contribution in [0.4, 0.5) is 11.5 Å². The van der Waals surface area contributed by atoms with E-state index in [2.05, 4.69) is 29.9 Å². The maximum Gasteiger partial charge on any atom is 0.251 e. The van der Waals surface area contributed by atoms with Crippen molar-refractivity contribution in [2.45, 2.75) is 11.0 Å². The first-order valence-corrected chi connectivity index (χ1v) is 13.9. The molecule has 6 rings (SSSR count). The largest absolute Gasteiger partial charge is 0.479 e. The molecule has 3 aromatic heterocycles. The third-order valence-electron chi connectivity index (χ3n) is 6.23. The molecule has 0 radical (unpaired) electrons. The highest BCUT2D eigenvalue weighted by molar-refractivity contribution is 8.25. The van der Waals surface area contributed by atoms with Crippen LogP contribution in [0.15, 0.2) is 53.8 Å². The Labute approximate surface area is 218 Å². The molecular formula is C24H24N6O5S2. The molecule has 2 aliphatic heterocycles. The number of ether oxygens (including phenoxy) is 2. The Morgan fingerprint density at radius 2 is 2.08 bits per heavy atom. The third kappa shape index (κ3) is 4.55. The number of rotatable bonds is 1. The van der Waals surface area contributed by atoms with Gasteiger partial charge in [-0.3, -0.25) is 18.6 Å². The van der Waals surface area contributed by atoms with Gasteiger partial charge in [0.15, 0.2) is 0 Å². The standard InChI is InChI=1S/C24H24N6O5S2/c1-34-24-19-8-15(10-26-24)20-9-18-21(36-20)22(28-13-27-18)30-5-6-35-16(12-30)11-25-23(31)14-3-2-4-17(7-14)37(32,33)29-19/h2-4,7-10,13,16,29,32-33H,5-6,11-12H2,1H3,(H,25,31)/t16-/m0/s1. The SMILES string of the molecule is COc1ncc2cc1NS(O)(O)c1cccc(c1)C(=O)NC[C@H]1CN(CCO1)c1ncnc3cc-2sc13. The van der Waals surface area contributed by atoms with Crippen LogP contribution < -0.4 is 19.7 Å². The molecule has 0 spiro atoms. The van der Waals surface area contributed by atoms with Gasteiger partial charge in [-0.2, -0.15) is 0 Å². The first kappa shape index (κ1) is 23.9. The smallest absolute Gasteiger partial charge is 0.251 e. The predicted octanol–water partition coefficient (Wildman–Crippen LogP) is 3.85. The second-order valence-electron chi connectivity index (χ2n) is 8.63. The number of carbonyl (C=O) groups is 1. The summed E-state index contributed by atoms with van der Waals surface area (Å²) in [6.07, 6.45) is 2.98. The molecule has 1 amide bonds. The van der Waals surface area contributed by atoms with Crippen molar-refractivity contribution in [2.75, 3.05) is 43.0 Å². The van der Waals surface area contributed by atoms with Crippen LogP contribution in [0.5, 0.6) is 5.88 Å². The Morgan fingerprint density at radius 1 is 1.19 bits per heavy atom. The minimum atomic E-state index is -3.56. The van der Waals surface area contributed by atoms with Gasteiger partial charge in [0.05, 0.1) is 34.9 Å². The highest BCUT2D eigenvalue weighted by Crippen LogP contribution is 2.50. The number of nitrogens with one attached hydrogen (secondary N) is 2. The van der Waals surface area contributed by atoms with Crippen LogP contribution in [-0.2, 0) is 4.74 Å². The summed E-state index contributed by atoms with van der Waals surface area (Å²) in [6.45, 7) is 2.02. The van der Waals surface area contributed by atoms with Crippen LogP contribution in [0.3, 0.4) is 0 Å². The van der Waals surface area contributed by atoms with Crippen molar-refractivity contribution < 1.29 is 23.4 Å². The molecule has 13 heteroatoms. The molecule has 192 valence electrons. The number of benzene rings is 1. The van der Waals surface area contributed by atoms with Crippen LogP contribution >= 0.6 is 22.1 Å². The number of anilines is 2. The average Bonchev–Trinajstić information content (AvgIpc) is 3.36. The Bertz CT molecular complexity index is 1500. The number of thiophene rings is 1. The summed E-state index contributed by atoms with van der Waals surface area (Å²) in [6, 6.07) is 9.95. The molecule has 5 heterocycles. The Morgan fingerprint density at radius 3 is 2.95 bits per heavy atom. The van der Waals surface area contributed by atoms with E-state index in [1.54, 1.807) is 36.8 Å². The van der Waals surface area contributed by atoms with Crippen molar-refractivity contribution in [1.29, 1.82) is 0 Å². The lowest BCUT2D eigenvalue weighted by Gasteiger charge is -2.34. The van der Waals surface area contributed by atoms with Gasteiger partial charge >= 0.3 is 0 Å². The normalized spacial score (nSPS) is 19.9. The van der Waals surface area contributed by atoms with Crippen molar-refractivity contribution in [3.8, 4) is 16.3 Å². The fourth-order valence-electron chi connectivity index (χ4n) is 4.40. The van der Waals surface area contributed by atoms with Gasteiger partial charge in [-0.15, -0.1) is 11.3 Å². The minimum absolute atomic E-state index is 0.163. The van der Waals surface area contributed by atoms with Gasteiger partial charge in [-0.25, -0.2) is 15.0 Å². The van der Waals surface area contributed by atoms with Gasteiger partial charge < -0.3 is 19.7 Å². The monoisotopic (exact) mass is 540 g/mol. The van der Waals surface area contributed by atoms with E-state index in [0.717, 1.165) is 26.5 Å². The molecule has 1 saturated heterocycles. The highest BCUT2D eigenvalue weighted by Gasteiger charge is 2.26. The van der Waals surface area contributed by atoms with Gasteiger partial charge in [0.2, 0.25) is 5.88 Å². The molecule has 1 atom stereocenters. The Hall–Kier alpha value is -3.49.